The zero-order chi connectivity index (χ0) is 15.0. The summed E-state index contributed by atoms with van der Waals surface area (Å²) in [7, 11) is 0. The Morgan fingerprint density at radius 1 is 1.35 bits per heavy atom. The second-order valence-corrected chi connectivity index (χ2v) is 7.56. The highest BCUT2D eigenvalue weighted by molar-refractivity contribution is 6.31. The minimum atomic E-state index is -0.260. The molecule has 1 saturated carbocycles. The Balaban J connectivity index is 2.26. The van der Waals surface area contributed by atoms with Crippen molar-refractivity contribution in [3.63, 3.8) is 0 Å². The summed E-state index contributed by atoms with van der Waals surface area (Å²) < 4.78 is 13.3. The van der Waals surface area contributed by atoms with E-state index in [9.17, 15) is 4.39 Å². The summed E-state index contributed by atoms with van der Waals surface area (Å²) >= 11 is 6.30. The van der Waals surface area contributed by atoms with Gasteiger partial charge in [0.25, 0.3) is 0 Å². The van der Waals surface area contributed by atoms with Crippen LogP contribution in [0.4, 0.5) is 4.39 Å². The van der Waals surface area contributed by atoms with Crippen molar-refractivity contribution in [1.29, 1.82) is 0 Å². The lowest BCUT2D eigenvalue weighted by Gasteiger charge is -2.53. The lowest BCUT2D eigenvalue weighted by atomic mass is 9.52. The van der Waals surface area contributed by atoms with Gasteiger partial charge in [0, 0.05) is 17.0 Å². The molecule has 2 rings (SSSR count). The van der Waals surface area contributed by atoms with Gasteiger partial charge in [-0.1, -0.05) is 45.4 Å². The Kier molecular flexibility index (Phi) is 4.46. The Morgan fingerprint density at radius 2 is 2.00 bits per heavy atom. The van der Waals surface area contributed by atoms with Crippen LogP contribution in [0.1, 0.15) is 46.1 Å². The fourth-order valence-electron chi connectivity index (χ4n) is 3.24. The van der Waals surface area contributed by atoms with E-state index in [-0.39, 0.29) is 11.2 Å². The molecule has 3 heteroatoms. The quantitative estimate of drug-likeness (QED) is 0.843. The minimum Gasteiger partial charge on any atom is -0.316 e. The molecule has 0 atom stereocenters. The largest absolute Gasteiger partial charge is 0.316 e. The molecule has 1 aromatic carbocycles. The highest BCUT2D eigenvalue weighted by atomic mass is 35.5. The van der Waals surface area contributed by atoms with E-state index in [2.05, 4.69) is 33.0 Å². The Hall–Kier alpha value is -0.600. The lowest BCUT2D eigenvalue weighted by Crippen LogP contribution is -2.52. The van der Waals surface area contributed by atoms with Crippen LogP contribution in [0.3, 0.4) is 0 Å². The molecule has 1 fully saturated rings. The molecule has 0 heterocycles. The first kappa shape index (κ1) is 15.8. The van der Waals surface area contributed by atoms with Crippen molar-refractivity contribution in [3.8, 4) is 0 Å². The van der Waals surface area contributed by atoms with E-state index in [0.717, 1.165) is 31.5 Å². The average Bonchev–Trinajstić information content (AvgIpc) is 2.28. The zero-order valence-electron chi connectivity index (χ0n) is 12.9. The molecule has 0 amide bonds. The van der Waals surface area contributed by atoms with Gasteiger partial charge in [0.15, 0.2) is 0 Å². The summed E-state index contributed by atoms with van der Waals surface area (Å²) in [6, 6.07) is 4.84. The Labute approximate surface area is 126 Å². The van der Waals surface area contributed by atoms with Gasteiger partial charge in [-0.15, -0.1) is 0 Å². The summed E-state index contributed by atoms with van der Waals surface area (Å²) in [6.07, 6.45) is 2.24. The van der Waals surface area contributed by atoms with Gasteiger partial charge in [0.2, 0.25) is 0 Å². The number of nitrogens with one attached hydrogen (secondary N) is 1. The fourth-order valence-corrected chi connectivity index (χ4v) is 3.61. The molecule has 1 aliphatic rings. The van der Waals surface area contributed by atoms with Crippen LogP contribution in [0.15, 0.2) is 18.2 Å². The maximum Gasteiger partial charge on any atom is 0.124 e. The van der Waals surface area contributed by atoms with E-state index in [1.165, 1.54) is 12.1 Å². The third kappa shape index (κ3) is 3.01. The van der Waals surface area contributed by atoms with Crippen LogP contribution in [0.25, 0.3) is 0 Å². The molecular formula is C17H25ClFN. The van der Waals surface area contributed by atoms with Crippen molar-refractivity contribution in [3.05, 3.63) is 34.6 Å². The molecule has 1 aromatic rings. The molecule has 0 aromatic heterocycles. The third-order valence-corrected chi connectivity index (χ3v) is 5.03. The molecular weight excluding hydrogens is 273 g/mol. The molecule has 112 valence electrons. The Morgan fingerprint density at radius 3 is 2.50 bits per heavy atom. The van der Waals surface area contributed by atoms with Gasteiger partial charge in [-0.25, -0.2) is 4.39 Å². The third-order valence-electron chi connectivity index (χ3n) is 4.71. The number of hydrogen-bond donors (Lipinski definition) is 1. The molecule has 20 heavy (non-hydrogen) atoms. The number of rotatable bonds is 4. The predicted octanol–water partition coefficient (Wildman–Crippen LogP) is 4.78. The van der Waals surface area contributed by atoms with Gasteiger partial charge in [-0.3, -0.25) is 0 Å². The number of likely N-dealkylation sites (N-methyl/N-ethyl adjacent to an activating group) is 1. The van der Waals surface area contributed by atoms with E-state index in [0.29, 0.717) is 16.4 Å². The van der Waals surface area contributed by atoms with Crippen LogP contribution in [0.2, 0.25) is 5.02 Å². The average molecular weight is 298 g/mol. The van der Waals surface area contributed by atoms with Crippen LogP contribution in [-0.2, 0) is 5.41 Å². The number of hydrogen-bond acceptors (Lipinski definition) is 1. The van der Waals surface area contributed by atoms with E-state index in [1.54, 1.807) is 0 Å². The van der Waals surface area contributed by atoms with Gasteiger partial charge in [-0.2, -0.15) is 0 Å². The van der Waals surface area contributed by atoms with Crippen molar-refractivity contribution >= 4 is 11.6 Å². The van der Waals surface area contributed by atoms with Crippen molar-refractivity contribution < 1.29 is 4.39 Å². The van der Waals surface area contributed by atoms with Gasteiger partial charge in [0.05, 0.1) is 0 Å². The summed E-state index contributed by atoms with van der Waals surface area (Å²) in [5, 5.41) is 4.02. The summed E-state index contributed by atoms with van der Waals surface area (Å²) in [5.41, 5.74) is 1.49. The van der Waals surface area contributed by atoms with Crippen LogP contribution < -0.4 is 5.32 Å². The second kappa shape index (κ2) is 5.65. The highest BCUT2D eigenvalue weighted by Crippen LogP contribution is 2.55. The summed E-state index contributed by atoms with van der Waals surface area (Å²) in [6.45, 7) is 10.9. The van der Waals surface area contributed by atoms with Gasteiger partial charge in [-0.05, 0) is 48.4 Å². The summed E-state index contributed by atoms with van der Waals surface area (Å²) in [4.78, 5) is 0. The molecule has 0 unspecified atom stereocenters. The number of benzene rings is 1. The van der Waals surface area contributed by atoms with Gasteiger partial charge in [0.1, 0.15) is 5.82 Å². The van der Waals surface area contributed by atoms with Gasteiger partial charge >= 0.3 is 0 Å². The van der Waals surface area contributed by atoms with Crippen LogP contribution >= 0.6 is 11.6 Å². The molecule has 0 saturated heterocycles. The number of halogens is 2. The zero-order valence-corrected chi connectivity index (χ0v) is 13.6. The highest BCUT2D eigenvalue weighted by Gasteiger charge is 2.49. The topological polar surface area (TPSA) is 12.0 Å². The van der Waals surface area contributed by atoms with E-state index < -0.39 is 0 Å². The molecule has 0 radical (unpaired) electrons. The maximum atomic E-state index is 13.3. The first-order valence-corrected chi connectivity index (χ1v) is 7.82. The smallest absolute Gasteiger partial charge is 0.124 e. The molecule has 1 nitrogen and oxygen atoms in total. The Bertz CT molecular complexity index is 472. The fraction of sp³-hybridized carbons (Fsp3) is 0.647. The lowest BCUT2D eigenvalue weighted by molar-refractivity contribution is 0.0452. The normalized spacial score (nSPS) is 26.4. The van der Waals surface area contributed by atoms with Crippen LogP contribution in [-0.4, -0.2) is 13.1 Å². The van der Waals surface area contributed by atoms with Crippen LogP contribution in [0, 0.1) is 17.2 Å². The molecule has 0 spiro atoms. The van der Waals surface area contributed by atoms with Crippen LogP contribution in [0.5, 0.6) is 0 Å². The molecule has 1 N–H and O–H groups in total. The van der Waals surface area contributed by atoms with Crippen molar-refractivity contribution in [2.24, 2.45) is 11.3 Å². The standard InChI is InChI=1S/C17H25ClFN/c1-5-20-11-17(9-12(10-17)16(2,3)4)14-7-6-13(19)8-15(14)18/h6-8,12,20H,5,9-11H2,1-4H3. The molecule has 0 bridgehead atoms. The van der Waals surface area contributed by atoms with E-state index in [4.69, 9.17) is 11.6 Å². The molecule has 1 aliphatic carbocycles. The van der Waals surface area contributed by atoms with Gasteiger partial charge < -0.3 is 5.32 Å². The second-order valence-electron chi connectivity index (χ2n) is 7.16. The first-order chi connectivity index (χ1) is 9.28. The molecule has 0 aliphatic heterocycles. The minimum absolute atomic E-state index is 0.0682. The van der Waals surface area contributed by atoms with Crippen molar-refractivity contribution in [1.82, 2.24) is 5.32 Å². The predicted molar refractivity (Wildman–Crippen MR) is 83.8 cm³/mol. The van der Waals surface area contributed by atoms with E-state index >= 15 is 0 Å². The SMILES string of the molecule is CCNCC1(c2ccc(F)cc2Cl)CC(C(C)(C)C)C1. The van der Waals surface area contributed by atoms with Crippen molar-refractivity contribution in [2.75, 3.05) is 13.1 Å². The maximum absolute atomic E-state index is 13.3. The summed E-state index contributed by atoms with van der Waals surface area (Å²) in [5.74, 6) is 0.436. The monoisotopic (exact) mass is 297 g/mol. The van der Waals surface area contributed by atoms with Crippen molar-refractivity contribution in [2.45, 2.75) is 46.0 Å². The first-order valence-electron chi connectivity index (χ1n) is 7.45. The van der Waals surface area contributed by atoms with E-state index in [1.807, 2.05) is 6.07 Å².